The summed E-state index contributed by atoms with van der Waals surface area (Å²) in [5, 5.41) is 44.5. The number of aliphatic hydroxyl groups excluding tert-OH is 2. The van der Waals surface area contributed by atoms with Gasteiger partial charge in [0.1, 0.15) is 24.3 Å². The molecule has 264 valence electrons. The molecular weight excluding hydrogens is 715 g/mol. The number of aliphatic carboxylic acids is 1. The molecule has 0 unspecified atom stereocenters. The summed E-state index contributed by atoms with van der Waals surface area (Å²) < 4.78 is 45.1. The van der Waals surface area contributed by atoms with Crippen molar-refractivity contribution >= 4 is 46.8 Å². The molecule has 3 amide bonds. The molecule has 0 spiro atoms. The van der Waals surface area contributed by atoms with Gasteiger partial charge in [0.15, 0.2) is 11.6 Å². The number of halogens is 3. The van der Waals surface area contributed by atoms with Crippen LogP contribution in [0.1, 0.15) is 34.1 Å². The zero-order valence-electron chi connectivity index (χ0n) is 26.9. The summed E-state index contributed by atoms with van der Waals surface area (Å²) in [6.07, 6.45) is -8.92. The van der Waals surface area contributed by atoms with Crippen molar-refractivity contribution in [2.45, 2.75) is 62.6 Å². The number of carbonyl (C=O) groups is 4. The molecule has 2 heterocycles. The van der Waals surface area contributed by atoms with E-state index in [1.165, 1.54) is 35.6 Å². The third-order valence-electron chi connectivity index (χ3n) is 7.51. The molecule has 0 saturated carbocycles. The number of benzene rings is 2. The number of carboxylic acids is 1. The molecule has 3 aromatic rings. The number of amides is 3. The van der Waals surface area contributed by atoms with E-state index in [1.54, 1.807) is 0 Å². The number of hydrogen-bond donors (Lipinski definition) is 5. The van der Waals surface area contributed by atoms with Gasteiger partial charge in [0.25, 0.3) is 5.91 Å². The molecule has 0 bridgehead atoms. The van der Waals surface area contributed by atoms with Crippen molar-refractivity contribution in [3.63, 3.8) is 0 Å². The summed E-state index contributed by atoms with van der Waals surface area (Å²) >= 11 is 7.31. The van der Waals surface area contributed by atoms with Crippen molar-refractivity contribution in [2.24, 2.45) is 0 Å². The van der Waals surface area contributed by atoms with Crippen molar-refractivity contribution in [1.29, 1.82) is 0 Å². The summed E-state index contributed by atoms with van der Waals surface area (Å²) in [6.45, 7) is -0.275. The van der Waals surface area contributed by atoms with Crippen molar-refractivity contribution in [3.05, 3.63) is 92.6 Å². The summed E-state index contributed by atoms with van der Waals surface area (Å²) in [6, 6.07) is 11.1. The summed E-state index contributed by atoms with van der Waals surface area (Å²) in [5.74, 6) is -8.89. The fraction of sp³-hybridized carbons (Fsp3) is 0.375. The van der Waals surface area contributed by atoms with Crippen LogP contribution in [0.25, 0.3) is 0 Å². The zero-order chi connectivity index (χ0) is 35.7. The molecule has 0 radical (unpaired) electrons. The molecule has 1 aromatic heterocycles. The average Bonchev–Trinajstić information content (AvgIpc) is 3.58. The Bertz CT molecular complexity index is 1620. The molecule has 1 fully saturated rings. The maximum Gasteiger partial charge on any atom is 1.00 e. The van der Waals surface area contributed by atoms with Gasteiger partial charge in [-0.3, -0.25) is 9.59 Å². The second kappa shape index (κ2) is 18.9. The second-order valence-corrected chi connectivity index (χ2v) is 12.5. The Hall–Kier alpha value is -3.19. The predicted molar refractivity (Wildman–Crippen MR) is 168 cm³/mol. The van der Waals surface area contributed by atoms with E-state index in [2.05, 4.69) is 16.0 Å². The topological polar surface area (TPSA) is 196 Å². The minimum atomic E-state index is -2.90. The molecule has 5 N–H and O–H groups in total. The Balaban J connectivity index is 0.00000676. The average molecular weight is 748 g/mol. The molecule has 18 heteroatoms. The normalized spacial score (nSPS) is 21.2. The molecule has 4 rings (SSSR count). The number of nitrogens with one attached hydrogen (secondary N) is 3. The van der Waals surface area contributed by atoms with Gasteiger partial charge in [-0.25, -0.2) is 13.6 Å². The van der Waals surface area contributed by atoms with Crippen LogP contribution in [-0.2, 0) is 36.8 Å². The molecular formula is C32H33ClF2N3NaO10S. The van der Waals surface area contributed by atoms with Gasteiger partial charge in [0.2, 0.25) is 11.7 Å². The fourth-order valence-corrected chi connectivity index (χ4v) is 5.89. The van der Waals surface area contributed by atoms with Gasteiger partial charge < -0.3 is 50.3 Å². The first kappa shape index (κ1) is 41.2. The Morgan fingerprint density at radius 3 is 2.46 bits per heavy atom. The Morgan fingerprint density at radius 2 is 1.82 bits per heavy atom. The fourth-order valence-electron chi connectivity index (χ4n) is 5.05. The van der Waals surface area contributed by atoms with Gasteiger partial charge in [0.05, 0.1) is 18.8 Å². The first-order chi connectivity index (χ1) is 23.3. The van der Waals surface area contributed by atoms with Crippen LogP contribution in [0.3, 0.4) is 0 Å². The van der Waals surface area contributed by atoms with E-state index in [0.29, 0.717) is 11.4 Å². The predicted octanol–water partition coefficient (Wildman–Crippen LogP) is -1.57. The van der Waals surface area contributed by atoms with Crippen LogP contribution in [-0.4, -0.2) is 83.4 Å². The van der Waals surface area contributed by atoms with E-state index in [-0.39, 0.29) is 41.7 Å². The maximum absolute atomic E-state index is 14.5. The standard InChI is InChI=1S/C32H34ClF2N3O10S.Na/c1-17(39)38-26-24(47-31(45)36-12-11-21-5-3-13-49-21)14-32(30(43)44,46-16-19-4-2-6-22(34)25(19)35)48-28(26)27(41)23(40)15-37-29(42)18-7-9-20(33)10-8-18;/h2-10,13,23-24,26-28,40-41H,11-12,14-16H2,1H3,(H,36,45)(H,37,42)(H,38,39)(H,43,44);/q;+1/p-1/t23-,24+,26-,27-,28-,32-;/m1./s1. The molecule has 0 aliphatic carbocycles. The summed E-state index contributed by atoms with van der Waals surface area (Å²) in [7, 11) is 0. The number of ether oxygens (including phenoxy) is 3. The Labute approximate surface area is 316 Å². The Kier molecular flexibility index (Phi) is 15.6. The minimum absolute atomic E-state index is 0. The first-order valence-electron chi connectivity index (χ1n) is 14.9. The van der Waals surface area contributed by atoms with Crippen LogP contribution >= 0.6 is 22.9 Å². The molecule has 2 aromatic carbocycles. The number of thiophene rings is 1. The van der Waals surface area contributed by atoms with Crippen LogP contribution in [0.15, 0.2) is 60.0 Å². The van der Waals surface area contributed by atoms with Gasteiger partial charge in [-0.2, -0.15) is 0 Å². The van der Waals surface area contributed by atoms with Crippen LogP contribution in [0.2, 0.25) is 5.02 Å². The SMILES string of the molecule is CC(=O)N[C@H]1[C@H]([C@H](O)[C@H](O)CNC(=O)c2ccc(Cl)cc2)O[C@@](OCc2cccc(F)c2F)(C(=O)[O-])C[C@@H]1OC(=O)NCCc1cccs1.[Na+]. The van der Waals surface area contributed by atoms with Crippen molar-refractivity contribution in [3.8, 4) is 0 Å². The summed E-state index contributed by atoms with van der Waals surface area (Å²) in [5.41, 5.74) is -0.234. The molecule has 1 aliphatic heterocycles. The number of hydrogen-bond acceptors (Lipinski definition) is 11. The van der Waals surface area contributed by atoms with E-state index in [1.807, 2.05) is 17.5 Å². The summed E-state index contributed by atoms with van der Waals surface area (Å²) in [4.78, 5) is 51.4. The zero-order valence-corrected chi connectivity index (χ0v) is 30.5. The molecule has 1 aliphatic rings. The molecule has 6 atom stereocenters. The largest absolute Gasteiger partial charge is 1.00 e. The van der Waals surface area contributed by atoms with Gasteiger partial charge in [0, 0.05) is 47.5 Å². The van der Waals surface area contributed by atoms with E-state index >= 15 is 0 Å². The molecule has 1 saturated heterocycles. The third-order valence-corrected chi connectivity index (χ3v) is 8.70. The number of rotatable bonds is 14. The van der Waals surface area contributed by atoms with Gasteiger partial charge >= 0.3 is 35.7 Å². The van der Waals surface area contributed by atoms with Gasteiger partial charge in [-0.15, -0.1) is 11.3 Å². The van der Waals surface area contributed by atoms with E-state index in [0.717, 1.165) is 30.0 Å². The van der Waals surface area contributed by atoms with Crippen molar-refractivity contribution in [2.75, 3.05) is 13.1 Å². The monoisotopic (exact) mass is 747 g/mol. The van der Waals surface area contributed by atoms with Crippen molar-refractivity contribution < 1.29 is 87.0 Å². The van der Waals surface area contributed by atoms with E-state index in [4.69, 9.17) is 25.8 Å². The number of carboxylic acid groups (broad SMARTS) is 1. The number of alkyl carbamates (subject to hydrolysis) is 1. The number of carbonyl (C=O) groups excluding carboxylic acids is 4. The molecule has 50 heavy (non-hydrogen) atoms. The first-order valence-corrected chi connectivity index (χ1v) is 16.2. The van der Waals surface area contributed by atoms with Crippen LogP contribution in [0.4, 0.5) is 13.6 Å². The minimum Gasteiger partial charge on any atom is -0.544 e. The van der Waals surface area contributed by atoms with Crippen LogP contribution in [0.5, 0.6) is 0 Å². The van der Waals surface area contributed by atoms with E-state index in [9.17, 15) is 43.3 Å². The van der Waals surface area contributed by atoms with Gasteiger partial charge in [-0.1, -0.05) is 29.8 Å². The number of aliphatic hydroxyl groups is 2. The van der Waals surface area contributed by atoms with E-state index < -0.39 is 96.9 Å². The van der Waals surface area contributed by atoms with Crippen LogP contribution in [0, 0.1) is 11.6 Å². The maximum atomic E-state index is 14.5. The smallest absolute Gasteiger partial charge is 0.544 e. The quantitative estimate of drug-likeness (QED) is 0.120. The van der Waals surface area contributed by atoms with Crippen LogP contribution < -0.4 is 50.6 Å². The molecule has 13 nitrogen and oxygen atoms in total. The third kappa shape index (κ3) is 10.9. The Morgan fingerprint density at radius 1 is 1.10 bits per heavy atom. The van der Waals surface area contributed by atoms with Gasteiger partial charge in [-0.05, 0) is 48.2 Å². The van der Waals surface area contributed by atoms with Crippen molar-refractivity contribution in [1.82, 2.24) is 16.0 Å². The second-order valence-electron chi connectivity index (χ2n) is 11.0.